The number of aromatic nitrogens is 1. The zero-order chi connectivity index (χ0) is 15.2. The molecule has 1 aromatic carbocycles. The van der Waals surface area contributed by atoms with E-state index in [1.807, 2.05) is 19.1 Å². The summed E-state index contributed by atoms with van der Waals surface area (Å²) in [7, 11) is 0. The predicted molar refractivity (Wildman–Crippen MR) is 84.8 cm³/mol. The highest BCUT2D eigenvalue weighted by Crippen LogP contribution is 2.14. The Morgan fingerprint density at radius 1 is 1.33 bits per heavy atom. The van der Waals surface area contributed by atoms with Crippen LogP contribution in [0.3, 0.4) is 0 Å². The maximum Gasteiger partial charge on any atom is 0.115 e. The summed E-state index contributed by atoms with van der Waals surface area (Å²) in [6.07, 6.45) is 1.71. The topological polar surface area (TPSA) is 83.5 Å². The molecule has 1 heterocycles. The van der Waals surface area contributed by atoms with Crippen LogP contribution in [0.5, 0.6) is 5.75 Å². The van der Waals surface area contributed by atoms with Gasteiger partial charge in [0, 0.05) is 11.9 Å². The highest BCUT2D eigenvalue weighted by Gasteiger charge is 2.09. The van der Waals surface area contributed by atoms with Crippen LogP contribution < -0.4 is 11.2 Å². The molecule has 5 nitrogen and oxygen atoms in total. The number of benzene rings is 1. The second-order valence-electron chi connectivity index (χ2n) is 4.62. The Hall–Kier alpha value is -2.82. The molecule has 0 atom stereocenters. The second-order valence-corrected chi connectivity index (χ2v) is 4.62. The number of rotatable bonds is 5. The third-order valence-electron chi connectivity index (χ3n) is 3.12. The van der Waals surface area contributed by atoms with Crippen molar-refractivity contribution >= 4 is 11.4 Å². The summed E-state index contributed by atoms with van der Waals surface area (Å²) in [6.45, 7) is 6.35. The Kier molecular flexibility index (Phi) is 4.56. The van der Waals surface area contributed by atoms with Gasteiger partial charge < -0.3 is 16.3 Å². The van der Waals surface area contributed by atoms with E-state index in [1.54, 1.807) is 30.5 Å². The van der Waals surface area contributed by atoms with Crippen LogP contribution in [-0.4, -0.2) is 22.3 Å². The van der Waals surface area contributed by atoms with Crippen LogP contribution in [0.2, 0.25) is 0 Å². The molecule has 0 aliphatic rings. The lowest BCUT2D eigenvalue weighted by atomic mass is 10.1. The average molecular weight is 282 g/mol. The Balaban J connectivity index is 2.06. The molecule has 4 N–H and O–H groups in total. The summed E-state index contributed by atoms with van der Waals surface area (Å²) >= 11 is 0. The van der Waals surface area contributed by atoms with Crippen molar-refractivity contribution in [2.45, 2.75) is 6.92 Å². The highest BCUT2D eigenvalue weighted by molar-refractivity contribution is 6.01. The lowest BCUT2D eigenvalue weighted by Gasteiger charge is -2.12. The van der Waals surface area contributed by atoms with Crippen LogP contribution in [0, 0.1) is 6.92 Å². The minimum Gasteiger partial charge on any atom is -0.508 e. The second kappa shape index (κ2) is 6.56. The van der Waals surface area contributed by atoms with Crippen molar-refractivity contribution in [1.82, 2.24) is 10.3 Å². The molecule has 108 valence electrons. The van der Waals surface area contributed by atoms with E-state index in [0.29, 0.717) is 12.3 Å². The van der Waals surface area contributed by atoms with E-state index in [4.69, 9.17) is 5.84 Å². The molecule has 5 heteroatoms. The Morgan fingerprint density at radius 2 is 2.05 bits per heavy atom. The molecule has 2 rings (SSSR count). The molecule has 0 bridgehead atoms. The van der Waals surface area contributed by atoms with E-state index >= 15 is 0 Å². The summed E-state index contributed by atoms with van der Waals surface area (Å²) < 4.78 is 0. The van der Waals surface area contributed by atoms with Crippen molar-refractivity contribution in [2.75, 3.05) is 6.54 Å². The summed E-state index contributed by atoms with van der Waals surface area (Å²) in [5.41, 5.74) is 4.06. The summed E-state index contributed by atoms with van der Waals surface area (Å²) in [5.74, 6) is 5.69. The first-order valence-electron chi connectivity index (χ1n) is 6.52. The van der Waals surface area contributed by atoms with Gasteiger partial charge in [-0.15, -0.1) is 0 Å². The lowest BCUT2D eigenvalue weighted by molar-refractivity contribution is 0.475. The molecule has 0 unspecified atom stereocenters. The number of hydrogen-bond donors (Lipinski definition) is 3. The normalized spacial score (nSPS) is 11.2. The van der Waals surface area contributed by atoms with Crippen molar-refractivity contribution in [3.8, 4) is 5.75 Å². The van der Waals surface area contributed by atoms with Gasteiger partial charge in [0.25, 0.3) is 0 Å². The molecule has 0 saturated heterocycles. The standard InChI is InChI=1S/C16H18N4O/c1-11-4-3-9-18-16(11)15(20-17)10-19-12(2)13-5-7-14(21)8-6-13/h3-9,19,21H,2,10,17H2,1H3. The molecule has 0 saturated carbocycles. The molecule has 1 aromatic heterocycles. The zero-order valence-corrected chi connectivity index (χ0v) is 11.9. The first-order chi connectivity index (χ1) is 10.1. The molecular weight excluding hydrogens is 264 g/mol. The Labute approximate surface area is 123 Å². The number of aryl methyl sites for hydroxylation is 1. The number of phenols is 1. The summed E-state index contributed by atoms with van der Waals surface area (Å²) in [4.78, 5) is 4.30. The van der Waals surface area contributed by atoms with Crippen molar-refractivity contribution in [2.24, 2.45) is 10.9 Å². The van der Waals surface area contributed by atoms with Gasteiger partial charge in [0.2, 0.25) is 0 Å². The van der Waals surface area contributed by atoms with Crippen molar-refractivity contribution < 1.29 is 5.11 Å². The minimum atomic E-state index is 0.222. The number of pyridine rings is 1. The van der Waals surface area contributed by atoms with Crippen LogP contribution >= 0.6 is 0 Å². The first kappa shape index (κ1) is 14.6. The molecular formula is C16H18N4O. The Bertz CT molecular complexity index is 662. The third-order valence-corrected chi connectivity index (χ3v) is 3.12. The van der Waals surface area contributed by atoms with Gasteiger partial charge in [-0.25, -0.2) is 0 Å². The molecule has 0 spiro atoms. The number of nitrogens with zero attached hydrogens (tertiary/aromatic N) is 2. The van der Waals surface area contributed by atoms with Crippen LogP contribution in [0.1, 0.15) is 16.8 Å². The SMILES string of the molecule is C=C(NCC(=NN)c1ncccc1C)c1ccc(O)cc1. The Morgan fingerprint density at radius 3 is 2.67 bits per heavy atom. The van der Waals surface area contributed by atoms with Crippen molar-refractivity contribution in [3.63, 3.8) is 0 Å². The van der Waals surface area contributed by atoms with E-state index in [0.717, 1.165) is 22.5 Å². The van der Waals surface area contributed by atoms with E-state index in [1.165, 1.54) is 0 Å². The van der Waals surface area contributed by atoms with Gasteiger partial charge in [0.1, 0.15) is 11.5 Å². The fourth-order valence-electron chi connectivity index (χ4n) is 1.93. The molecule has 0 radical (unpaired) electrons. The molecule has 0 amide bonds. The smallest absolute Gasteiger partial charge is 0.115 e. The van der Waals surface area contributed by atoms with Gasteiger partial charge in [-0.1, -0.05) is 12.6 Å². The van der Waals surface area contributed by atoms with Gasteiger partial charge in [0.05, 0.1) is 12.2 Å². The van der Waals surface area contributed by atoms with E-state index in [2.05, 4.69) is 22.0 Å². The monoisotopic (exact) mass is 282 g/mol. The van der Waals surface area contributed by atoms with Gasteiger partial charge in [-0.05, 0) is 48.4 Å². The minimum absolute atomic E-state index is 0.222. The maximum atomic E-state index is 9.28. The fourth-order valence-corrected chi connectivity index (χ4v) is 1.93. The maximum absolute atomic E-state index is 9.28. The lowest BCUT2D eigenvalue weighted by Crippen LogP contribution is -2.24. The number of aromatic hydroxyl groups is 1. The zero-order valence-electron chi connectivity index (χ0n) is 11.9. The molecule has 21 heavy (non-hydrogen) atoms. The van der Waals surface area contributed by atoms with E-state index < -0.39 is 0 Å². The summed E-state index contributed by atoms with van der Waals surface area (Å²) in [6, 6.07) is 10.6. The van der Waals surface area contributed by atoms with Crippen LogP contribution in [-0.2, 0) is 0 Å². The van der Waals surface area contributed by atoms with Crippen LogP contribution in [0.15, 0.2) is 54.3 Å². The van der Waals surface area contributed by atoms with Gasteiger partial charge >= 0.3 is 0 Å². The van der Waals surface area contributed by atoms with Crippen molar-refractivity contribution in [1.29, 1.82) is 0 Å². The summed E-state index contributed by atoms with van der Waals surface area (Å²) in [5, 5.41) is 16.3. The number of nitrogens with one attached hydrogen (secondary N) is 1. The van der Waals surface area contributed by atoms with Crippen LogP contribution in [0.25, 0.3) is 5.70 Å². The molecule has 0 fully saturated rings. The number of hydrogen-bond acceptors (Lipinski definition) is 5. The van der Waals surface area contributed by atoms with Gasteiger partial charge in [-0.2, -0.15) is 5.10 Å². The first-order valence-corrected chi connectivity index (χ1v) is 6.52. The van der Waals surface area contributed by atoms with Crippen molar-refractivity contribution in [3.05, 3.63) is 66.0 Å². The third kappa shape index (κ3) is 3.60. The largest absolute Gasteiger partial charge is 0.508 e. The molecule has 0 aliphatic heterocycles. The fraction of sp³-hybridized carbons (Fsp3) is 0.125. The number of phenolic OH excluding ortho intramolecular Hbond substituents is 1. The number of nitrogens with two attached hydrogens (primary N) is 1. The highest BCUT2D eigenvalue weighted by atomic mass is 16.3. The van der Waals surface area contributed by atoms with Gasteiger partial charge in [-0.3, -0.25) is 4.98 Å². The van der Waals surface area contributed by atoms with Gasteiger partial charge in [0.15, 0.2) is 0 Å². The van der Waals surface area contributed by atoms with Crippen LogP contribution in [0.4, 0.5) is 0 Å². The quantitative estimate of drug-likeness (QED) is 0.445. The number of hydrazone groups is 1. The van der Waals surface area contributed by atoms with E-state index in [-0.39, 0.29) is 5.75 Å². The predicted octanol–water partition coefficient (Wildman–Crippen LogP) is 2.02. The average Bonchev–Trinajstić information content (AvgIpc) is 2.50. The molecule has 0 aliphatic carbocycles. The van der Waals surface area contributed by atoms with E-state index in [9.17, 15) is 5.11 Å². The molecule has 2 aromatic rings.